The summed E-state index contributed by atoms with van der Waals surface area (Å²) in [6, 6.07) is 0. The van der Waals surface area contributed by atoms with E-state index in [4.69, 9.17) is 16.2 Å². The molecule has 0 aromatic carbocycles. The Morgan fingerprint density at radius 2 is 1.36 bits per heavy atom. The van der Waals surface area contributed by atoms with Crippen molar-refractivity contribution in [3.63, 3.8) is 0 Å². The molecule has 3 nitrogen and oxygen atoms in total. The topological polar surface area (TPSA) is 61.3 Å². The normalized spacial score (nSPS) is 8.73. The van der Waals surface area contributed by atoms with E-state index in [1.165, 1.54) is 0 Å². The van der Waals surface area contributed by atoms with Crippen molar-refractivity contribution in [2.75, 3.05) is 26.3 Å². The monoisotopic (exact) mass is 166 g/mol. The van der Waals surface area contributed by atoms with Gasteiger partial charge in [0.1, 0.15) is 0 Å². The number of hydrogen-bond acceptors (Lipinski definition) is 3. The second-order valence-electron chi connectivity index (χ2n) is 1.90. The molecule has 0 radical (unpaired) electrons. The fourth-order valence-electron chi connectivity index (χ4n) is 0.473. The fourth-order valence-corrected chi connectivity index (χ4v) is 0.473. The first-order chi connectivity index (χ1) is 5.41. The SMILES string of the molecule is CC.NCCCOCCCN.[HH].[HH]. The van der Waals surface area contributed by atoms with E-state index in [0.717, 1.165) is 26.1 Å². The molecular formula is C8H26N2O. The van der Waals surface area contributed by atoms with Crippen molar-refractivity contribution in [1.82, 2.24) is 0 Å². The molecule has 0 fully saturated rings. The zero-order valence-corrected chi connectivity index (χ0v) is 7.81. The van der Waals surface area contributed by atoms with Crippen LogP contribution in [-0.4, -0.2) is 26.3 Å². The van der Waals surface area contributed by atoms with Crippen molar-refractivity contribution in [3.8, 4) is 0 Å². The summed E-state index contributed by atoms with van der Waals surface area (Å²) in [5.41, 5.74) is 10.5. The fraction of sp³-hybridized carbons (Fsp3) is 1.00. The maximum Gasteiger partial charge on any atom is 0.0478 e. The molecule has 0 aliphatic rings. The van der Waals surface area contributed by atoms with Gasteiger partial charge in [0, 0.05) is 16.1 Å². The predicted octanol–water partition coefficient (Wildman–Crippen LogP) is 1.22. The summed E-state index contributed by atoms with van der Waals surface area (Å²) in [6.45, 7) is 6.97. The Kier molecular flexibility index (Phi) is 20.2. The Balaban J connectivity index is -0.0000000941. The van der Waals surface area contributed by atoms with Crippen molar-refractivity contribution >= 4 is 0 Å². The van der Waals surface area contributed by atoms with Crippen LogP contribution in [0.15, 0.2) is 0 Å². The van der Waals surface area contributed by atoms with Gasteiger partial charge in [-0.1, -0.05) is 13.8 Å². The van der Waals surface area contributed by atoms with Crippen LogP contribution in [0.3, 0.4) is 0 Å². The summed E-state index contributed by atoms with van der Waals surface area (Å²) in [5, 5.41) is 0. The molecule has 0 spiro atoms. The number of rotatable bonds is 6. The van der Waals surface area contributed by atoms with E-state index in [9.17, 15) is 0 Å². The third-order valence-electron chi connectivity index (χ3n) is 0.986. The highest BCUT2D eigenvalue weighted by Gasteiger charge is 1.84. The minimum Gasteiger partial charge on any atom is -0.381 e. The van der Waals surface area contributed by atoms with Crippen LogP contribution < -0.4 is 11.5 Å². The first-order valence-electron chi connectivity index (χ1n) is 4.39. The van der Waals surface area contributed by atoms with Crippen molar-refractivity contribution in [1.29, 1.82) is 0 Å². The molecule has 3 heteroatoms. The second-order valence-corrected chi connectivity index (χ2v) is 1.90. The second kappa shape index (κ2) is 16.5. The molecule has 0 aliphatic carbocycles. The lowest BCUT2D eigenvalue weighted by Crippen LogP contribution is -2.08. The lowest BCUT2D eigenvalue weighted by Gasteiger charge is -1.99. The summed E-state index contributed by atoms with van der Waals surface area (Å²) < 4.78 is 5.15. The van der Waals surface area contributed by atoms with Gasteiger partial charge in [0.15, 0.2) is 0 Å². The third-order valence-corrected chi connectivity index (χ3v) is 0.986. The van der Waals surface area contributed by atoms with E-state index < -0.39 is 0 Å². The maximum absolute atomic E-state index is 5.24. The molecule has 0 aliphatic heterocycles. The van der Waals surface area contributed by atoms with Gasteiger partial charge >= 0.3 is 0 Å². The van der Waals surface area contributed by atoms with Crippen molar-refractivity contribution in [2.24, 2.45) is 11.5 Å². The quantitative estimate of drug-likeness (QED) is 0.583. The lowest BCUT2D eigenvalue weighted by molar-refractivity contribution is 0.132. The smallest absolute Gasteiger partial charge is 0.0478 e. The standard InChI is InChI=1S/C6H16N2O.C2H6.2H2/c7-3-1-5-9-6-2-4-8;1-2;;/h1-8H2;1-2H3;2*1H. The molecule has 4 N–H and O–H groups in total. The van der Waals surface area contributed by atoms with Gasteiger partial charge in [0.05, 0.1) is 0 Å². The molecule has 0 bridgehead atoms. The Bertz CT molecular complexity index is 53.4. The Hall–Kier alpha value is -0.120. The molecule has 0 heterocycles. The number of hydrogen-bond donors (Lipinski definition) is 2. The van der Waals surface area contributed by atoms with E-state index in [0.29, 0.717) is 13.1 Å². The van der Waals surface area contributed by atoms with Gasteiger partial charge in [0.2, 0.25) is 0 Å². The summed E-state index contributed by atoms with van der Waals surface area (Å²) in [4.78, 5) is 0. The van der Waals surface area contributed by atoms with Gasteiger partial charge in [-0.05, 0) is 25.9 Å². The highest BCUT2D eigenvalue weighted by atomic mass is 16.5. The molecule has 0 atom stereocenters. The molecule has 0 rings (SSSR count). The van der Waals surface area contributed by atoms with Crippen LogP contribution in [0.2, 0.25) is 0 Å². The van der Waals surface area contributed by atoms with Crippen LogP contribution in [0.4, 0.5) is 0 Å². The van der Waals surface area contributed by atoms with Crippen molar-refractivity contribution < 1.29 is 7.59 Å². The van der Waals surface area contributed by atoms with Crippen LogP contribution >= 0.6 is 0 Å². The van der Waals surface area contributed by atoms with E-state index in [2.05, 4.69) is 0 Å². The van der Waals surface area contributed by atoms with Gasteiger partial charge in [-0.2, -0.15) is 0 Å². The predicted molar refractivity (Wildman–Crippen MR) is 53.7 cm³/mol. The average molecular weight is 166 g/mol. The third kappa shape index (κ3) is 17.7. The van der Waals surface area contributed by atoms with Crippen LogP contribution in [0.25, 0.3) is 0 Å². The number of ether oxygens (including phenoxy) is 1. The van der Waals surface area contributed by atoms with E-state index in [1.54, 1.807) is 0 Å². The Morgan fingerprint density at radius 3 is 1.64 bits per heavy atom. The zero-order chi connectivity index (χ0) is 8.95. The zero-order valence-electron chi connectivity index (χ0n) is 7.81. The average Bonchev–Trinajstić information content (AvgIpc) is 2.08. The van der Waals surface area contributed by atoms with Crippen LogP contribution in [0.5, 0.6) is 0 Å². The van der Waals surface area contributed by atoms with E-state index >= 15 is 0 Å². The lowest BCUT2D eigenvalue weighted by atomic mass is 10.4. The highest BCUT2D eigenvalue weighted by molar-refractivity contribution is 4.38. The molecule has 0 aromatic heterocycles. The molecule has 0 unspecified atom stereocenters. The minimum atomic E-state index is 0. The summed E-state index contributed by atoms with van der Waals surface area (Å²) in [7, 11) is 0. The molecule has 0 aromatic rings. The molecule has 11 heavy (non-hydrogen) atoms. The van der Waals surface area contributed by atoms with Gasteiger partial charge in [0.25, 0.3) is 0 Å². The molecule has 0 amide bonds. The van der Waals surface area contributed by atoms with Gasteiger partial charge in [-0.15, -0.1) is 0 Å². The molecule has 0 saturated carbocycles. The summed E-state index contributed by atoms with van der Waals surface area (Å²) in [5.74, 6) is 0. The number of nitrogens with two attached hydrogens (primary N) is 2. The molecular weight excluding hydrogens is 140 g/mol. The van der Waals surface area contributed by atoms with Crippen LogP contribution in [-0.2, 0) is 4.74 Å². The largest absolute Gasteiger partial charge is 0.381 e. The van der Waals surface area contributed by atoms with Crippen LogP contribution in [0.1, 0.15) is 29.5 Å². The molecule has 74 valence electrons. The Morgan fingerprint density at radius 1 is 1.00 bits per heavy atom. The van der Waals surface area contributed by atoms with Gasteiger partial charge < -0.3 is 16.2 Å². The van der Waals surface area contributed by atoms with Crippen molar-refractivity contribution in [3.05, 3.63) is 0 Å². The summed E-state index contributed by atoms with van der Waals surface area (Å²) >= 11 is 0. The van der Waals surface area contributed by atoms with Gasteiger partial charge in [-0.25, -0.2) is 0 Å². The maximum atomic E-state index is 5.24. The highest BCUT2D eigenvalue weighted by Crippen LogP contribution is 1.81. The molecule has 0 saturated heterocycles. The van der Waals surface area contributed by atoms with E-state index in [-0.39, 0.29) is 2.85 Å². The van der Waals surface area contributed by atoms with Gasteiger partial charge in [-0.3, -0.25) is 0 Å². The van der Waals surface area contributed by atoms with Crippen LogP contribution in [0, 0.1) is 0 Å². The first-order valence-corrected chi connectivity index (χ1v) is 4.39. The van der Waals surface area contributed by atoms with Crippen molar-refractivity contribution in [2.45, 2.75) is 26.7 Å². The Labute approximate surface area is 73.1 Å². The minimum absolute atomic E-state index is 0. The first kappa shape index (κ1) is 13.5. The van der Waals surface area contributed by atoms with E-state index in [1.807, 2.05) is 13.8 Å². The summed E-state index contributed by atoms with van der Waals surface area (Å²) in [6.07, 6.45) is 1.90.